The van der Waals surface area contributed by atoms with Gasteiger partial charge in [-0.25, -0.2) is 14.8 Å². The molecule has 3 rings (SSSR count). The standard InChI is InChI=1S/C25H39N5O3/c1-5-9-15-21-24(32)28(20(6-2)7-3)17-22-29(21)23(31)18-27(8-4)30(22)25(33)26-16-19-13-11-10-12-14-19/h10-14,20-22H,5-9,15-18H2,1-4H3,(H,26,33)/t21-,22-/m0/s1. The molecule has 0 saturated carbocycles. The number of urea groups is 1. The van der Waals surface area contributed by atoms with Crippen LogP contribution in [0.25, 0.3) is 0 Å². The maximum atomic E-state index is 13.5. The van der Waals surface area contributed by atoms with Crippen LogP contribution in [0.1, 0.15) is 65.4 Å². The second kappa shape index (κ2) is 11.5. The second-order valence-corrected chi connectivity index (χ2v) is 8.87. The molecule has 1 aromatic rings. The van der Waals surface area contributed by atoms with E-state index in [0.29, 0.717) is 26.1 Å². The topological polar surface area (TPSA) is 76.2 Å². The maximum Gasteiger partial charge on any atom is 0.334 e. The van der Waals surface area contributed by atoms with E-state index >= 15 is 0 Å². The Balaban J connectivity index is 1.91. The summed E-state index contributed by atoms with van der Waals surface area (Å²) < 4.78 is 0. The maximum absolute atomic E-state index is 13.5. The minimum Gasteiger partial charge on any atom is -0.334 e. The first-order valence-electron chi connectivity index (χ1n) is 12.4. The lowest BCUT2D eigenvalue weighted by atomic mass is 9.98. The summed E-state index contributed by atoms with van der Waals surface area (Å²) in [4.78, 5) is 43.8. The summed E-state index contributed by atoms with van der Waals surface area (Å²) in [5.74, 6) is -0.0519. The summed E-state index contributed by atoms with van der Waals surface area (Å²) in [5, 5.41) is 6.52. The zero-order valence-electron chi connectivity index (χ0n) is 20.5. The molecule has 2 aliphatic heterocycles. The zero-order chi connectivity index (χ0) is 24.0. The molecule has 8 heteroatoms. The number of hydrogen-bond donors (Lipinski definition) is 1. The van der Waals surface area contributed by atoms with Gasteiger partial charge in [0.05, 0.1) is 13.1 Å². The fraction of sp³-hybridized carbons (Fsp3) is 0.640. The van der Waals surface area contributed by atoms with Crippen LogP contribution in [0.15, 0.2) is 30.3 Å². The van der Waals surface area contributed by atoms with Gasteiger partial charge in [-0.3, -0.25) is 9.59 Å². The normalized spacial score (nSPS) is 21.5. The molecule has 182 valence electrons. The van der Waals surface area contributed by atoms with Gasteiger partial charge < -0.3 is 15.1 Å². The first-order valence-corrected chi connectivity index (χ1v) is 12.4. The Bertz CT molecular complexity index is 814. The highest BCUT2D eigenvalue weighted by atomic mass is 16.2. The molecular weight excluding hydrogens is 418 g/mol. The third-order valence-electron chi connectivity index (χ3n) is 6.85. The Hall–Kier alpha value is -2.61. The molecular formula is C25H39N5O3. The van der Waals surface area contributed by atoms with Crippen LogP contribution in [0, 0.1) is 0 Å². The van der Waals surface area contributed by atoms with Gasteiger partial charge in [-0.1, -0.05) is 70.9 Å². The minimum absolute atomic E-state index is 0.0244. The molecule has 0 aromatic heterocycles. The van der Waals surface area contributed by atoms with E-state index in [4.69, 9.17) is 0 Å². The summed E-state index contributed by atoms with van der Waals surface area (Å²) in [7, 11) is 0. The van der Waals surface area contributed by atoms with Crippen LogP contribution in [0.4, 0.5) is 4.79 Å². The van der Waals surface area contributed by atoms with E-state index in [1.165, 1.54) is 0 Å². The van der Waals surface area contributed by atoms with Gasteiger partial charge in [-0.15, -0.1) is 0 Å². The van der Waals surface area contributed by atoms with Gasteiger partial charge in [0, 0.05) is 19.1 Å². The molecule has 1 N–H and O–H groups in total. The Labute approximate surface area is 197 Å². The minimum atomic E-state index is -0.514. The molecule has 2 fully saturated rings. The monoisotopic (exact) mass is 457 g/mol. The highest BCUT2D eigenvalue weighted by Crippen LogP contribution is 2.30. The largest absolute Gasteiger partial charge is 0.334 e. The van der Waals surface area contributed by atoms with Gasteiger partial charge in [0.25, 0.3) is 0 Å². The summed E-state index contributed by atoms with van der Waals surface area (Å²) >= 11 is 0. The second-order valence-electron chi connectivity index (χ2n) is 8.87. The highest BCUT2D eigenvalue weighted by molar-refractivity contribution is 5.91. The van der Waals surface area contributed by atoms with Gasteiger partial charge in [0.15, 0.2) is 0 Å². The van der Waals surface area contributed by atoms with Gasteiger partial charge in [0.2, 0.25) is 11.8 Å². The number of hydrogen-bond acceptors (Lipinski definition) is 4. The SMILES string of the molecule is CCCC[C@H]1C(=O)N(C(CC)CC)C[C@H]2N1C(=O)CN(CC)N2C(=O)NCc1ccccc1. The lowest BCUT2D eigenvalue weighted by molar-refractivity contribution is -0.192. The Kier molecular flexibility index (Phi) is 8.72. The number of benzene rings is 1. The molecule has 2 heterocycles. The van der Waals surface area contributed by atoms with Crippen molar-refractivity contribution in [2.24, 2.45) is 0 Å². The van der Waals surface area contributed by atoms with Gasteiger partial charge in [0.1, 0.15) is 12.2 Å². The summed E-state index contributed by atoms with van der Waals surface area (Å²) in [6, 6.07) is 9.12. The number of amides is 4. The van der Waals surface area contributed by atoms with Crippen molar-refractivity contribution in [1.82, 2.24) is 25.1 Å². The van der Waals surface area contributed by atoms with Gasteiger partial charge in [-0.2, -0.15) is 0 Å². The Morgan fingerprint density at radius 3 is 2.39 bits per heavy atom. The van der Waals surface area contributed by atoms with Crippen molar-refractivity contribution in [1.29, 1.82) is 0 Å². The van der Waals surface area contributed by atoms with Crippen LogP contribution in [0.2, 0.25) is 0 Å². The number of carbonyl (C=O) groups is 3. The number of piperazine rings is 1. The molecule has 2 aliphatic rings. The molecule has 8 nitrogen and oxygen atoms in total. The number of carbonyl (C=O) groups excluding carboxylic acids is 3. The molecule has 2 atom stereocenters. The van der Waals surface area contributed by atoms with Crippen molar-refractivity contribution in [2.45, 2.75) is 84.6 Å². The zero-order valence-corrected chi connectivity index (χ0v) is 20.5. The third-order valence-corrected chi connectivity index (χ3v) is 6.85. The quantitative estimate of drug-likeness (QED) is 0.618. The fourth-order valence-electron chi connectivity index (χ4n) is 5.01. The fourth-order valence-corrected chi connectivity index (χ4v) is 5.01. The molecule has 0 aliphatic carbocycles. The number of unbranched alkanes of at least 4 members (excludes halogenated alkanes) is 1. The number of rotatable bonds is 9. The van der Waals surface area contributed by atoms with E-state index in [9.17, 15) is 14.4 Å². The predicted octanol–water partition coefficient (Wildman–Crippen LogP) is 3.19. The average Bonchev–Trinajstić information content (AvgIpc) is 2.83. The number of fused-ring (bicyclic) bond motifs is 1. The summed E-state index contributed by atoms with van der Waals surface area (Å²) in [6.07, 6.45) is 3.63. The third kappa shape index (κ3) is 5.32. The van der Waals surface area contributed by atoms with Crippen LogP contribution in [-0.2, 0) is 16.1 Å². The lowest BCUT2D eigenvalue weighted by Gasteiger charge is -2.56. The molecule has 0 spiro atoms. The van der Waals surface area contributed by atoms with Crippen molar-refractivity contribution in [2.75, 3.05) is 19.6 Å². The van der Waals surface area contributed by atoms with Crippen molar-refractivity contribution in [3.8, 4) is 0 Å². The summed E-state index contributed by atoms with van der Waals surface area (Å²) in [6.45, 7) is 9.59. The molecule has 33 heavy (non-hydrogen) atoms. The van der Waals surface area contributed by atoms with E-state index in [0.717, 1.165) is 31.2 Å². The lowest BCUT2D eigenvalue weighted by Crippen LogP contribution is -2.77. The summed E-state index contributed by atoms with van der Waals surface area (Å²) in [5.41, 5.74) is 1.01. The van der Waals surface area contributed by atoms with Crippen molar-refractivity contribution < 1.29 is 14.4 Å². The molecule has 0 radical (unpaired) electrons. The smallest absolute Gasteiger partial charge is 0.334 e. The highest BCUT2D eigenvalue weighted by Gasteiger charge is 2.51. The Morgan fingerprint density at radius 2 is 1.79 bits per heavy atom. The predicted molar refractivity (Wildman–Crippen MR) is 128 cm³/mol. The van der Waals surface area contributed by atoms with Crippen LogP contribution in [-0.4, -0.2) is 75.5 Å². The van der Waals surface area contributed by atoms with Crippen molar-refractivity contribution >= 4 is 17.8 Å². The van der Waals surface area contributed by atoms with E-state index in [1.807, 2.05) is 47.2 Å². The first-order chi connectivity index (χ1) is 16.0. The van der Waals surface area contributed by atoms with Crippen LogP contribution in [0.5, 0.6) is 0 Å². The molecule has 0 unspecified atom stereocenters. The average molecular weight is 458 g/mol. The van der Waals surface area contributed by atoms with Crippen molar-refractivity contribution in [3.05, 3.63) is 35.9 Å². The number of nitrogens with one attached hydrogen (secondary N) is 1. The molecule has 2 saturated heterocycles. The van der Waals surface area contributed by atoms with Crippen molar-refractivity contribution in [3.63, 3.8) is 0 Å². The Morgan fingerprint density at radius 1 is 1.09 bits per heavy atom. The van der Waals surface area contributed by atoms with Gasteiger partial charge in [-0.05, 0) is 24.8 Å². The van der Waals surface area contributed by atoms with Crippen LogP contribution >= 0.6 is 0 Å². The van der Waals surface area contributed by atoms with E-state index in [-0.39, 0.29) is 30.4 Å². The van der Waals surface area contributed by atoms with Crippen LogP contribution < -0.4 is 5.32 Å². The van der Waals surface area contributed by atoms with Gasteiger partial charge >= 0.3 is 6.03 Å². The van der Waals surface area contributed by atoms with E-state index < -0.39 is 12.2 Å². The first kappa shape index (κ1) is 25.0. The molecule has 4 amide bonds. The van der Waals surface area contributed by atoms with E-state index in [2.05, 4.69) is 26.1 Å². The van der Waals surface area contributed by atoms with E-state index in [1.54, 1.807) is 9.91 Å². The number of likely N-dealkylation sites (N-methyl/N-ethyl adjacent to an activating group) is 1. The number of nitrogens with zero attached hydrogens (tertiary/aromatic N) is 4. The van der Waals surface area contributed by atoms with Crippen LogP contribution in [0.3, 0.4) is 0 Å². The molecule has 0 bridgehead atoms. The number of hydrazine groups is 1. The molecule has 1 aromatic carbocycles.